The highest BCUT2D eigenvalue weighted by atomic mass is 35.5. The van der Waals surface area contributed by atoms with Crippen LogP contribution in [0.15, 0.2) is 53.4 Å². The number of pyridine rings is 1. The number of hydrogen-bond donors (Lipinski definition) is 0. The fourth-order valence-electron chi connectivity index (χ4n) is 3.02. The number of rotatable bonds is 7. The lowest BCUT2D eigenvalue weighted by Gasteiger charge is -2.20. The summed E-state index contributed by atoms with van der Waals surface area (Å²) in [4.78, 5) is 20.2. The number of anilines is 1. The summed E-state index contributed by atoms with van der Waals surface area (Å²) < 4.78 is 5.46. The minimum atomic E-state index is -0.375. The largest absolute Gasteiger partial charge is 0.457 e. The average Bonchev–Trinajstić information content (AvgIpc) is 2.73. The predicted octanol–water partition coefficient (Wildman–Crippen LogP) is 5.81. The topological polar surface area (TPSA) is 42.4 Å². The van der Waals surface area contributed by atoms with Crippen molar-refractivity contribution in [1.82, 2.24) is 4.98 Å². The number of carbonyl (C=O) groups is 1. The van der Waals surface area contributed by atoms with Crippen molar-refractivity contribution in [3.8, 4) is 0 Å². The van der Waals surface area contributed by atoms with Crippen LogP contribution in [-0.4, -0.2) is 30.3 Å². The number of halogens is 1. The summed E-state index contributed by atoms with van der Waals surface area (Å²) in [7, 11) is 0. The lowest BCUT2D eigenvalue weighted by atomic mass is 10.1. The van der Waals surface area contributed by atoms with Gasteiger partial charge in [0.2, 0.25) is 0 Å². The van der Waals surface area contributed by atoms with Crippen LogP contribution in [-0.2, 0) is 11.3 Å². The lowest BCUT2D eigenvalue weighted by Crippen LogP contribution is -2.21. The van der Waals surface area contributed by atoms with E-state index >= 15 is 0 Å². The first kappa shape index (κ1) is 20.5. The quantitative estimate of drug-likeness (QED) is 0.277. The molecule has 0 unspecified atom stereocenters. The number of carbonyl (C=O) groups excluding carboxylic acids is 1. The molecule has 0 aliphatic heterocycles. The van der Waals surface area contributed by atoms with E-state index in [-0.39, 0.29) is 12.6 Å². The molecule has 0 spiro atoms. The molecule has 0 atom stereocenters. The number of fused-ring (bicyclic) bond motifs is 1. The molecule has 0 radical (unpaired) electrons. The Morgan fingerprint density at radius 1 is 1.11 bits per heavy atom. The van der Waals surface area contributed by atoms with Gasteiger partial charge in [-0.3, -0.25) is 0 Å². The Kier molecular flexibility index (Phi) is 6.81. The molecule has 0 bridgehead atoms. The highest BCUT2D eigenvalue weighted by molar-refractivity contribution is 7.98. The molecule has 0 amide bonds. The highest BCUT2D eigenvalue weighted by Gasteiger charge is 2.12. The van der Waals surface area contributed by atoms with Gasteiger partial charge in [-0.1, -0.05) is 17.7 Å². The Hall–Kier alpha value is -2.24. The fraction of sp³-hybridized carbons (Fsp3) is 0.273. The maximum absolute atomic E-state index is 12.4. The Morgan fingerprint density at radius 3 is 2.46 bits per heavy atom. The fourth-order valence-corrected chi connectivity index (χ4v) is 3.65. The molecular weight excluding hydrogens is 392 g/mol. The van der Waals surface area contributed by atoms with Crippen molar-refractivity contribution in [3.63, 3.8) is 0 Å². The third kappa shape index (κ3) is 4.59. The second kappa shape index (κ2) is 9.30. The molecule has 0 fully saturated rings. The van der Waals surface area contributed by atoms with Crippen LogP contribution in [0.1, 0.15) is 29.8 Å². The summed E-state index contributed by atoms with van der Waals surface area (Å²) in [6, 6.07) is 15.4. The van der Waals surface area contributed by atoms with Crippen LogP contribution >= 0.6 is 23.4 Å². The molecule has 0 saturated carbocycles. The SMILES string of the molecule is CCN(CC)c1ccc(C(=O)OCc2cc3ccc(SC)cc3nc2Cl)cc1. The van der Waals surface area contributed by atoms with Crippen LogP contribution in [0.2, 0.25) is 5.15 Å². The molecular formula is C22H23ClN2O2S. The van der Waals surface area contributed by atoms with Gasteiger partial charge in [0.05, 0.1) is 11.1 Å². The molecule has 6 heteroatoms. The standard InChI is InChI=1S/C22H23ClN2O2S/c1-4-25(5-2)18-9-6-15(7-10-18)22(26)27-14-17-12-16-8-11-19(28-3)13-20(16)24-21(17)23/h6-13H,4-5,14H2,1-3H3. The van der Waals surface area contributed by atoms with Crippen molar-refractivity contribution >= 4 is 45.9 Å². The summed E-state index contributed by atoms with van der Waals surface area (Å²) in [5.74, 6) is -0.375. The molecule has 3 rings (SSSR count). The maximum atomic E-state index is 12.4. The predicted molar refractivity (Wildman–Crippen MR) is 118 cm³/mol. The van der Waals surface area contributed by atoms with Gasteiger partial charge in [-0.2, -0.15) is 0 Å². The van der Waals surface area contributed by atoms with Crippen LogP contribution in [0.5, 0.6) is 0 Å². The van der Waals surface area contributed by atoms with E-state index in [1.54, 1.807) is 23.9 Å². The van der Waals surface area contributed by atoms with E-state index in [9.17, 15) is 4.79 Å². The van der Waals surface area contributed by atoms with Crippen molar-refractivity contribution in [2.24, 2.45) is 0 Å². The first-order valence-corrected chi connectivity index (χ1v) is 10.8. The number of thioether (sulfide) groups is 1. The third-order valence-electron chi connectivity index (χ3n) is 4.64. The van der Waals surface area contributed by atoms with Crippen LogP contribution < -0.4 is 4.90 Å². The molecule has 2 aromatic carbocycles. The summed E-state index contributed by atoms with van der Waals surface area (Å²) in [5.41, 5.74) is 3.14. The van der Waals surface area contributed by atoms with E-state index in [1.807, 2.05) is 42.7 Å². The first-order valence-electron chi connectivity index (χ1n) is 9.21. The number of nitrogens with zero attached hydrogens (tertiary/aromatic N) is 2. The number of aromatic nitrogens is 1. The molecule has 146 valence electrons. The van der Waals surface area contributed by atoms with Crippen molar-refractivity contribution in [2.45, 2.75) is 25.3 Å². The van der Waals surface area contributed by atoms with Crippen molar-refractivity contribution in [2.75, 3.05) is 24.2 Å². The molecule has 4 nitrogen and oxygen atoms in total. The minimum absolute atomic E-state index is 0.0860. The molecule has 0 aliphatic rings. The zero-order valence-corrected chi connectivity index (χ0v) is 17.8. The second-order valence-corrected chi connectivity index (χ2v) is 7.53. The number of ether oxygens (including phenoxy) is 1. The van der Waals surface area contributed by atoms with E-state index in [0.717, 1.165) is 34.6 Å². The van der Waals surface area contributed by atoms with E-state index in [4.69, 9.17) is 16.3 Å². The Labute approximate surface area is 174 Å². The number of benzene rings is 2. The van der Waals surface area contributed by atoms with Gasteiger partial charge in [0, 0.05) is 34.6 Å². The van der Waals surface area contributed by atoms with Crippen LogP contribution in [0.4, 0.5) is 5.69 Å². The van der Waals surface area contributed by atoms with Gasteiger partial charge in [-0.25, -0.2) is 9.78 Å². The normalized spacial score (nSPS) is 10.9. The Morgan fingerprint density at radius 2 is 1.82 bits per heavy atom. The van der Waals surface area contributed by atoms with Crippen LogP contribution in [0.25, 0.3) is 10.9 Å². The third-order valence-corrected chi connectivity index (χ3v) is 5.69. The lowest BCUT2D eigenvalue weighted by molar-refractivity contribution is 0.0472. The summed E-state index contributed by atoms with van der Waals surface area (Å²) in [6.07, 6.45) is 2.02. The van der Waals surface area contributed by atoms with Gasteiger partial charge < -0.3 is 9.64 Å². The molecule has 0 aliphatic carbocycles. The second-order valence-electron chi connectivity index (χ2n) is 6.29. The smallest absolute Gasteiger partial charge is 0.338 e. The van der Waals surface area contributed by atoms with E-state index in [0.29, 0.717) is 16.3 Å². The Bertz CT molecular complexity index is 972. The summed E-state index contributed by atoms with van der Waals surface area (Å²) >= 11 is 7.96. The highest BCUT2D eigenvalue weighted by Crippen LogP contribution is 2.25. The van der Waals surface area contributed by atoms with Gasteiger partial charge in [0.25, 0.3) is 0 Å². The van der Waals surface area contributed by atoms with Crippen LogP contribution in [0, 0.1) is 0 Å². The minimum Gasteiger partial charge on any atom is -0.457 e. The first-order chi connectivity index (χ1) is 13.5. The number of hydrogen-bond acceptors (Lipinski definition) is 5. The Balaban J connectivity index is 1.71. The van der Waals surface area contributed by atoms with Crippen molar-refractivity contribution in [3.05, 3.63) is 64.8 Å². The molecule has 0 N–H and O–H groups in total. The maximum Gasteiger partial charge on any atom is 0.338 e. The van der Waals surface area contributed by atoms with Gasteiger partial charge in [0.15, 0.2) is 0 Å². The zero-order chi connectivity index (χ0) is 20.1. The zero-order valence-electron chi connectivity index (χ0n) is 16.2. The van der Waals surface area contributed by atoms with Crippen LogP contribution in [0.3, 0.4) is 0 Å². The van der Waals surface area contributed by atoms with Gasteiger partial charge in [0.1, 0.15) is 11.8 Å². The van der Waals surface area contributed by atoms with E-state index in [1.165, 1.54) is 0 Å². The number of esters is 1. The van der Waals surface area contributed by atoms with E-state index in [2.05, 4.69) is 23.7 Å². The summed E-state index contributed by atoms with van der Waals surface area (Å²) in [6.45, 7) is 6.14. The van der Waals surface area contributed by atoms with Gasteiger partial charge in [-0.05, 0) is 62.6 Å². The molecule has 1 aromatic heterocycles. The van der Waals surface area contributed by atoms with Crippen molar-refractivity contribution in [1.29, 1.82) is 0 Å². The monoisotopic (exact) mass is 414 g/mol. The van der Waals surface area contributed by atoms with Gasteiger partial charge in [-0.15, -0.1) is 11.8 Å². The average molecular weight is 415 g/mol. The molecule has 28 heavy (non-hydrogen) atoms. The molecule has 3 aromatic rings. The van der Waals surface area contributed by atoms with E-state index < -0.39 is 0 Å². The summed E-state index contributed by atoms with van der Waals surface area (Å²) in [5, 5.41) is 1.33. The van der Waals surface area contributed by atoms with Crippen molar-refractivity contribution < 1.29 is 9.53 Å². The van der Waals surface area contributed by atoms with Gasteiger partial charge >= 0.3 is 5.97 Å². The molecule has 1 heterocycles. The molecule has 0 saturated heterocycles.